The number of H-pyrrole nitrogens is 1. The highest BCUT2D eigenvalue weighted by atomic mass is 16.4. The van der Waals surface area contributed by atoms with E-state index in [1.54, 1.807) is 0 Å². The summed E-state index contributed by atoms with van der Waals surface area (Å²) in [6.07, 6.45) is 4.45. The zero-order valence-corrected chi connectivity index (χ0v) is 10.7. The zero-order chi connectivity index (χ0) is 13.2. The quantitative estimate of drug-likeness (QED) is 0.746. The summed E-state index contributed by atoms with van der Waals surface area (Å²) < 4.78 is 0. The molecule has 1 saturated carbocycles. The lowest BCUT2D eigenvalue weighted by atomic mass is 10.1. The fraction of sp³-hybridized carbons (Fsp3) is 0.400. The van der Waals surface area contributed by atoms with Crippen LogP contribution in [0.5, 0.6) is 0 Å². The van der Waals surface area contributed by atoms with Crippen LogP contribution in [0, 0.1) is 5.92 Å². The molecule has 100 valence electrons. The molecule has 0 unspecified atom stereocenters. The number of hydrogen-bond acceptors (Lipinski definition) is 2. The van der Waals surface area contributed by atoms with E-state index in [0.717, 1.165) is 18.4 Å². The first kappa shape index (κ1) is 12.2. The van der Waals surface area contributed by atoms with E-state index in [1.807, 2.05) is 12.3 Å². The highest BCUT2D eigenvalue weighted by Gasteiger charge is 2.32. The minimum atomic E-state index is -0.720. The van der Waals surface area contributed by atoms with Crippen LogP contribution in [0.4, 0.5) is 0 Å². The first-order chi connectivity index (χ1) is 9.24. The third-order valence-electron chi connectivity index (χ3n) is 3.81. The second-order valence-corrected chi connectivity index (χ2v) is 5.28. The average molecular weight is 258 g/mol. The molecule has 1 heterocycles. The summed E-state index contributed by atoms with van der Waals surface area (Å²) >= 11 is 0. The van der Waals surface area contributed by atoms with Crippen LogP contribution in [-0.4, -0.2) is 22.1 Å². The van der Waals surface area contributed by atoms with Crippen molar-refractivity contribution in [1.82, 2.24) is 10.3 Å². The van der Waals surface area contributed by atoms with E-state index < -0.39 is 5.97 Å². The van der Waals surface area contributed by atoms with Gasteiger partial charge in [0.1, 0.15) is 0 Å². The number of nitrogens with one attached hydrogen (secondary N) is 2. The molecule has 0 bridgehead atoms. The maximum absolute atomic E-state index is 10.9. The van der Waals surface area contributed by atoms with Gasteiger partial charge in [0.25, 0.3) is 0 Å². The molecule has 0 saturated heterocycles. The fourth-order valence-electron chi connectivity index (χ4n) is 2.63. The molecule has 1 atom stereocenters. The van der Waals surface area contributed by atoms with Gasteiger partial charge in [-0.15, -0.1) is 0 Å². The highest BCUT2D eigenvalue weighted by molar-refractivity contribution is 5.82. The van der Waals surface area contributed by atoms with Crippen molar-refractivity contribution in [3.63, 3.8) is 0 Å². The number of carboxylic acid groups (broad SMARTS) is 1. The number of carbonyl (C=O) groups is 1. The molecule has 19 heavy (non-hydrogen) atoms. The standard InChI is InChI=1S/C15H18N2O2/c18-14(19)8-13(10-4-5-10)17-9-12-3-1-2-11-6-7-16-15(11)12/h1-3,6-7,10,13,16-17H,4-5,8-9H2,(H,18,19)/t13-/m0/s1. The number of carboxylic acids is 1. The monoisotopic (exact) mass is 258 g/mol. The maximum Gasteiger partial charge on any atom is 0.304 e. The second-order valence-electron chi connectivity index (χ2n) is 5.28. The normalized spacial score (nSPS) is 16.6. The molecular formula is C15H18N2O2. The van der Waals surface area contributed by atoms with Gasteiger partial charge in [-0.05, 0) is 35.8 Å². The Balaban J connectivity index is 1.70. The minimum absolute atomic E-state index is 0.0997. The van der Waals surface area contributed by atoms with E-state index in [2.05, 4.69) is 28.5 Å². The van der Waals surface area contributed by atoms with Crippen molar-refractivity contribution in [3.05, 3.63) is 36.0 Å². The van der Waals surface area contributed by atoms with Gasteiger partial charge in [-0.25, -0.2) is 0 Å². The molecule has 0 radical (unpaired) electrons. The predicted octanol–water partition coefficient (Wildman–Crippen LogP) is 2.51. The fourth-order valence-corrected chi connectivity index (χ4v) is 2.63. The van der Waals surface area contributed by atoms with Crippen LogP contribution < -0.4 is 5.32 Å². The summed E-state index contributed by atoms with van der Waals surface area (Å²) in [5.74, 6) is -0.179. The smallest absolute Gasteiger partial charge is 0.304 e. The van der Waals surface area contributed by atoms with Crippen LogP contribution in [0.2, 0.25) is 0 Å². The van der Waals surface area contributed by atoms with Crippen molar-refractivity contribution in [2.75, 3.05) is 0 Å². The molecule has 0 spiro atoms. The molecule has 1 fully saturated rings. The van der Waals surface area contributed by atoms with Crippen LogP contribution in [-0.2, 0) is 11.3 Å². The van der Waals surface area contributed by atoms with Gasteiger partial charge in [0.15, 0.2) is 0 Å². The van der Waals surface area contributed by atoms with Crippen molar-refractivity contribution in [3.8, 4) is 0 Å². The molecule has 1 aliphatic rings. The van der Waals surface area contributed by atoms with Gasteiger partial charge in [0.2, 0.25) is 0 Å². The Bertz CT molecular complexity index is 587. The number of para-hydroxylation sites is 1. The topological polar surface area (TPSA) is 65.1 Å². The van der Waals surface area contributed by atoms with Gasteiger partial charge in [-0.3, -0.25) is 4.79 Å². The summed E-state index contributed by atoms with van der Waals surface area (Å²) in [5.41, 5.74) is 2.33. The molecule has 0 amide bonds. The van der Waals surface area contributed by atoms with Gasteiger partial charge in [0, 0.05) is 24.3 Å². The molecule has 2 aromatic rings. The minimum Gasteiger partial charge on any atom is -0.481 e. The Hall–Kier alpha value is -1.81. The van der Waals surface area contributed by atoms with Crippen LogP contribution in [0.1, 0.15) is 24.8 Å². The highest BCUT2D eigenvalue weighted by Crippen LogP contribution is 2.34. The van der Waals surface area contributed by atoms with E-state index in [-0.39, 0.29) is 12.5 Å². The lowest BCUT2D eigenvalue weighted by molar-refractivity contribution is -0.137. The number of benzene rings is 1. The number of hydrogen-bond donors (Lipinski definition) is 3. The number of rotatable bonds is 6. The zero-order valence-electron chi connectivity index (χ0n) is 10.7. The predicted molar refractivity (Wildman–Crippen MR) is 73.9 cm³/mol. The van der Waals surface area contributed by atoms with Crippen LogP contribution >= 0.6 is 0 Å². The molecule has 1 aliphatic carbocycles. The van der Waals surface area contributed by atoms with Crippen LogP contribution in [0.3, 0.4) is 0 Å². The SMILES string of the molecule is O=C(O)C[C@H](NCc1cccc2cc[nH]c12)C1CC1. The molecule has 0 aliphatic heterocycles. The number of aromatic amines is 1. The number of fused-ring (bicyclic) bond motifs is 1. The molecule has 3 rings (SSSR count). The molecule has 4 heteroatoms. The number of aromatic nitrogens is 1. The largest absolute Gasteiger partial charge is 0.481 e. The van der Waals surface area contributed by atoms with Crippen molar-refractivity contribution >= 4 is 16.9 Å². The van der Waals surface area contributed by atoms with Crippen molar-refractivity contribution in [1.29, 1.82) is 0 Å². The summed E-state index contributed by atoms with van der Waals surface area (Å²) in [5, 5.41) is 13.6. The lowest BCUT2D eigenvalue weighted by Crippen LogP contribution is -2.32. The average Bonchev–Trinajstić information content (AvgIpc) is 3.11. The Morgan fingerprint density at radius 2 is 2.26 bits per heavy atom. The van der Waals surface area contributed by atoms with E-state index in [1.165, 1.54) is 10.9 Å². The molecule has 4 nitrogen and oxygen atoms in total. The first-order valence-electron chi connectivity index (χ1n) is 6.74. The van der Waals surface area contributed by atoms with Gasteiger partial charge in [0.05, 0.1) is 6.42 Å². The van der Waals surface area contributed by atoms with E-state index in [4.69, 9.17) is 5.11 Å². The molecule has 3 N–H and O–H groups in total. The van der Waals surface area contributed by atoms with Crippen molar-refractivity contribution in [2.24, 2.45) is 5.92 Å². The Kier molecular flexibility index (Phi) is 3.25. The van der Waals surface area contributed by atoms with Crippen LogP contribution in [0.15, 0.2) is 30.5 Å². The maximum atomic E-state index is 10.9. The van der Waals surface area contributed by atoms with Gasteiger partial charge >= 0.3 is 5.97 Å². The third-order valence-corrected chi connectivity index (χ3v) is 3.81. The van der Waals surface area contributed by atoms with Crippen molar-refractivity contribution < 1.29 is 9.90 Å². The van der Waals surface area contributed by atoms with E-state index >= 15 is 0 Å². The summed E-state index contributed by atoms with van der Waals surface area (Å²) in [4.78, 5) is 14.1. The van der Waals surface area contributed by atoms with E-state index in [9.17, 15) is 4.79 Å². The summed E-state index contributed by atoms with van der Waals surface area (Å²) in [6.45, 7) is 0.715. The molecule has 1 aromatic carbocycles. The van der Waals surface area contributed by atoms with Gasteiger partial charge < -0.3 is 15.4 Å². The summed E-state index contributed by atoms with van der Waals surface area (Å²) in [6, 6.07) is 8.34. The summed E-state index contributed by atoms with van der Waals surface area (Å²) in [7, 11) is 0. The molecule has 1 aromatic heterocycles. The van der Waals surface area contributed by atoms with E-state index in [0.29, 0.717) is 12.5 Å². The van der Waals surface area contributed by atoms with Gasteiger partial charge in [-0.1, -0.05) is 18.2 Å². The van der Waals surface area contributed by atoms with Crippen LogP contribution in [0.25, 0.3) is 10.9 Å². The Morgan fingerprint density at radius 1 is 1.42 bits per heavy atom. The lowest BCUT2D eigenvalue weighted by Gasteiger charge is -2.16. The first-order valence-corrected chi connectivity index (χ1v) is 6.74. The number of aliphatic carboxylic acids is 1. The molecular weight excluding hydrogens is 240 g/mol. The second kappa shape index (κ2) is 5.05. The Morgan fingerprint density at radius 3 is 3.00 bits per heavy atom. The Labute approximate surface area is 111 Å². The third kappa shape index (κ3) is 2.79. The van der Waals surface area contributed by atoms with Gasteiger partial charge in [-0.2, -0.15) is 0 Å². The van der Waals surface area contributed by atoms with Crippen molar-refractivity contribution in [2.45, 2.75) is 31.8 Å².